The molecule has 1 aliphatic carbocycles. The molecule has 4 N–H and O–H groups in total. The molecule has 16 nitrogen and oxygen atoms in total. The normalized spacial score (nSPS) is 21.8. The molecule has 2 saturated heterocycles. The number of amides is 4. The number of nitrogens with one attached hydrogen (secondary N) is 3. The Kier molecular flexibility index (Phi) is 16.5. The Morgan fingerprint density at radius 3 is 2.35 bits per heavy atom. The lowest BCUT2D eigenvalue weighted by molar-refractivity contribution is -0.164. The summed E-state index contributed by atoms with van der Waals surface area (Å²) in [6, 6.07) is 16.3. The molecule has 0 bridgehead atoms. The third-order valence-electron chi connectivity index (χ3n) is 14.2. The number of anilines is 1. The van der Waals surface area contributed by atoms with E-state index in [0.717, 1.165) is 53.6 Å². The molecule has 2 aromatic heterocycles. The number of likely N-dealkylation sites (tertiary alicyclic amines) is 1. The van der Waals surface area contributed by atoms with Crippen molar-refractivity contribution in [3.8, 4) is 22.3 Å². The number of rotatable bonds is 16. The van der Waals surface area contributed by atoms with E-state index in [9.17, 15) is 29.5 Å². The number of aliphatic hydroxyl groups excluding tert-OH is 1. The number of hydrogen-bond donors (Lipinski definition) is 4. The molecule has 4 aromatic rings. The zero-order chi connectivity index (χ0) is 51.4. The second-order valence-corrected chi connectivity index (χ2v) is 22.6. The summed E-state index contributed by atoms with van der Waals surface area (Å²) >= 11 is 7.84. The van der Waals surface area contributed by atoms with Crippen molar-refractivity contribution in [2.75, 3.05) is 57.4 Å². The highest BCUT2D eigenvalue weighted by molar-refractivity contribution is 7.13. The van der Waals surface area contributed by atoms with Gasteiger partial charge in [0.05, 0.1) is 51.0 Å². The first-order valence-corrected chi connectivity index (χ1v) is 25.6. The number of carbonyl (C=O) groups is 4. The van der Waals surface area contributed by atoms with Crippen LogP contribution in [0.25, 0.3) is 10.4 Å². The number of halogens is 1. The SMILES string of the molecule is Cc1ncsc1-c1ccc([C@H](C)NC(=O)C2C[C@@H](O)CN2C(=O)[C@@H](NC(=O)COCCN2CCCN(c3ccc(C(=O)N[C@H]4C(C)(C)[C@H](Oc5ccc(C#N)c(Cl)c5)C4(C)C)cn3)CC2)C(C)(C)C)cc1. The molecule has 2 aromatic carbocycles. The highest BCUT2D eigenvalue weighted by atomic mass is 35.5. The summed E-state index contributed by atoms with van der Waals surface area (Å²) in [7, 11) is 0. The van der Waals surface area contributed by atoms with E-state index in [1.165, 1.54) is 4.90 Å². The lowest BCUT2D eigenvalue weighted by Crippen LogP contribution is -2.74. The quantitative estimate of drug-likeness (QED) is 0.0884. The molecular formula is C53H68ClN9O7S. The fraction of sp³-hybridized carbons (Fsp3) is 0.528. The maximum absolute atomic E-state index is 14.2. The third kappa shape index (κ3) is 12.2. The summed E-state index contributed by atoms with van der Waals surface area (Å²) in [5.41, 5.74) is 4.06. The van der Waals surface area contributed by atoms with Crippen molar-refractivity contribution in [1.29, 1.82) is 5.26 Å². The molecule has 4 heterocycles. The summed E-state index contributed by atoms with van der Waals surface area (Å²) in [5, 5.41) is 29.4. The lowest BCUT2D eigenvalue weighted by atomic mass is 9.49. The number of aryl methyl sites for hydroxylation is 1. The molecule has 0 spiro atoms. The molecule has 1 saturated carbocycles. The number of β-amino-alcohol motifs (C(OH)–C–C–N with tert-alkyl or cyclic N) is 1. The number of benzene rings is 2. The molecule has 4 amide bonds. The standard InChI is InChI=1S/C53H68ClN9O7S/c1-32(34-11-13-35(14-12-34)44-33(2)57-31-71-44)58-47(67)41-25-38(64)29-63(41)48(68)45(51(3,4)5)59-43(65)30-69-24-23-61-19-10-20-62(22-21-61)42-18-16-37(28-56-42)46(66)60-49-52(6,7)50(53(49,8)9)70-39-17-15-36(27-55)40(54)26-39/h11-18,26,28,31-32,38,41,45,49-50,64H,10,19-25,29-30H2,1-9H3,(H,58,67)(H,59,65)(H,60,66)/t32-,38+,41?,45+,49-,50-/m0/s1. The first-order chi connectivity index (χ1) is 33.6. The zero-order valence-electron chi connectivity index (χ0n) is 42.3. The average molecular weight is 1010 g/mol. The molecule has 380 valence electrons. The highest BCUT2D eigenvalue weighted by Crippen LogP contribution is 2.55. The molecule has 2 aliphatic heterocycles. The van der Waals surface area contributed by atoms with E-state index >= 15 is 0 Å². The Morgan fingerprint density at radius 2 is 1.72 bits per heavy atom. The van der Waals surface area contributed by atoms with Gasteiger partial charge in [0.2, 0.25) is 17.7 Å². The molecule has 4 atom stereocenters. The Morgan fingerprint density at radius 1 is 0.986 bits per heavy atom. The predicted molar refractivity (Wildman–Crippen MR) is 274 cm³/mol. The minimum Gasteiger partial charge on any atom is -0.489 e. The molecule has 18 heteroatoms. The fourth-order valence-corrected chi connectivity index (χ4v) is 11.5. The van der Waals surface area contributed by atoms with E-state index in [-0.39, 0.29) is 49.6 Å². The number of aliphatic hydroxyl groups is 1. The largest absolute Gasteiger partial charge is 0.489 e. The molecular weight excluding hydrogens is 942 g/mol. The van der Waals surface area contributed by atoms with Gasteiger partial charge in [0.15, 0.2) is 0 Å². The van der Waals surface area contributed by atoms with Gasteiger partial charge in [-0.15, -0.1) is 11.3 Å². The number of nitrogens with zero attached hydrogens (tertiary/aromatic N) is 6. The van der Waals surface area contributed by atoms with Crippen molar-refractivity contribution in [2.45, 2.75) is 112 Å². The minimum atomic E-state index is -0.967. The minimum absolute atomic E-state index is 0.0190. The second kappa shape index (κ2) is 22.0. The van der Waals surface area contributed by atoms with Crippen molar-refractivity contribution in [2.24, 2.45) is 16.2 Å². The zero-order valence-corrected chi connectivity index (χ0v) is 43.8. The molecule has 1 unspecified atom stereocenters. The van der Waals surface area contributed by atoms with Gasteiger partial charge in [-0.05, 0) is 67.6 Å². The summed E-state index contributed by atoms with van der Waals surface area (Å²) in [5.74, 6) is -0.102. The maximum Gasteiger partial charge on any atom is 0.253 e. The summed E-state index contributed by atoms with van der Waals surface area (Å²) in [6.07, 6.45) is 1.49. The van der Waals surface area contributed by atoms with Crippen LogP contribution in [-0.4, -0.2) is 131 Å². The number of pyridine rings is 1. The number of ether oxygens (including phenoxy) is 2. The number of aromatic nitrogens is 2. The average Bonchev–Trinajstić information content (AvgIpc) is 3.87. The van der Waals surface area contributed by atoms with Crippen molar-refractivity contribution >= 4 is 52.4 Å². The van der Waals surface area contributed by atoms with Crippen LogP contribution in [0.1, 0.15) is 101 Å². The van der Waals surface area contributed by atoms with Gasteiger partial charge in [0.25, 0.3) is 5.91 Å². The van der Waals surface area contributed by atoms with Gasteiger partial charge in [-0.2, -0.15) is 5.26 Å². The van der Waals surface area contributed by atoms with Crippen molar-refractivity contribution in [1.82, 2.24) is 35.7 Å². The Hall–Kier alpha value is -5.64. The summed E-state index contributed by atoms with van der Waals surface area (Å²) < 4.78 is 12.2. The molecule has 71 heavy (non-hydrogen) atoms. The van der Waals surface area contributed by atoms with Gasteiger partial charge in [0, 0.05) is 68.3 Å². The van der Waals surface area contributed by atoms with Crippen LogP contribution in [0, 0.1) is 34.5 Å². The van der Waals surface area contributed by atoms with Gasteiger partial charge in [-0.25, -0.2) is 9.97 Å². The van der Waals surface area contributed by atoms with E-state index < -0.39 is 46.2 Å². The monoisotopic (exact) mass is 1010 g/mol. The fourth-order valence-electron chi connectivity index (χ4n) is 10.5. The number of nitriles is 1. The molecule has 0 radical (unpaired) electrons. The van der Waals surface area contributed by atoms with E-state index in [1.54, 1.807) is 41.8 Å². The smallest absolute Gasteiger partial charge is 0.253 e. The molecule has 7 rings (SSSR count). The Labute approximate surface area is 426 Å². The number of thiazole rings is 1. The topological polar surface area (TPSA) is 202 Å². The predicted octanol–water partition coefficient (Wildman–Crippen LogP) is 6.55. The van der Waals surface area contributed by atoms with Gasteiger partial charge in [0.1, 0.15) is 42.4 Å². The third-order valence-corrected chi connectivity index (χ3v) is 15.5. The van der Waals surface area contributed by atoms with Crippen LogP contribution in [0.2, 0.25) is 5.02 Å². The van der Waals surface area contributed by atoms with Crippen LogP contribution < -0.4 is 25.6 Å². The van der Waals surface area contributed by atoms with Crippen molar-refractivity contribution in [3.63, 3.8) is 0 Å². The van der Waals surface area contributed by atoms with Crippen molar-refractivity contribution in [3.05, 3.63) is 93.7 Å². The van der Waals surface area contributed by atoms with Crippen LogP contribution in [0.3, 0.4) is 0 Å². The van der Waals surface area contributed by atoms with Crippen LogP contribution >= 0.6 is 22.9 Å². The van der Waals surface area contributed by atoms with E-state index in [0.29, 0.717) is 41.6 Å². The van der Waals surface area contributed by atoms with Crippen LogP contribution in [-0.2, 0) is 19.1 Å². The second-order valence-electron chi connectivity index (χ2n) is 21.3. The van der Waals surface area contributed by atoms with Crippen LogP contribution in [0.4, 0.5) is 5.82 Å². The van der Waals surface area contributed by atoms with Gasteiger partial charge < -0.3 is 40.3 Å². The highest BCUT2D eigenvalue weighted by Gasteiger charge is 2.64. The van der Waals surface area contributed by atoms with E-state index in [2.05, 4.69) is 69.5 Å². The lowest BCUT2D eigenvalue weighted by Gasteiger charge is -2.63. The van der Waals surface area contributed by atoms with Crippen molar-refractivity contribution < 1.29 is 33.8 Å². The first kappa shape index (κ1) is 53.2. The number of carbonyl (C=O) groups excluding carboxylic acids is 4. The van der Waals surface area contributed by atoms with Crippen LogP contribution in [0.15, 0.2) is 66.3 Å². The van der Waals surface area contributed by atoms with E-state index in [1.807, 2.05) is 70.5 Å². The summed E-state index contributed by atoms with van der Waals surface area (Å²) in [4.78, 5) is 70.7. The van der Waals surface area contributed by atoms with Gasteiger partial charge in [-0.3, -0.25) is 24.1 Å². The Bertz CT molecular complexity index is 2580. The van der Waals surface area contributed by atoms with Gasteiger partial charge in [-0.1, -0.05) is 84.3 Å². The maximum atomic E-state index is 14.2. The summed E-state index contributed by atoms with van der Waals surface area (Å²) in [6.45, 7) is 21.4. The van der Waals surface area contributed by atoms with E-state index in [4.69, 9.17) is 21.1 Å². The molecule has 3 fully saturated rings. The molecule has 3 aliphatic rings. The first-order valence-electron chi connectivity index (χ1n) is 24.4. The Balaban J connectivity index is 0.844. The number of hydrogen-bond acceptors (Lipinski definition) is 13. The van der Waals surface area contributed by atoms with Gasteiger partial charge >= 0.3 is 0 Å². The van der Waals surface area contributed by atoms with Crippen LogP contribution in [0.5, 0.6) is 5.75 Å².